The summed E-state index contributed by atoms with van der Waals surface area (Å²) >= 11 is 0. The maximum Gasteiger partial charge on any atom is 0.236 e. The molecule has 1 atom stereocenters. The number of likely N-dealkylation sites (tertiary alicyclic amines) is 1. The van der Waals surface area contributed by atoms with E-state index in [9.17, 15) is 4.79 Å². The first-order valence-electron chi connectivity index (χ1n) is 11.0. The van der Waals surface area contributed by atoms with Gasteiger partial charge >= 0.3 is 0 Å². The summed E-state index contributed by atoms with van der Waals surface area (Å²) in [5.41, 5.74) is 2.21. The van der Waals surface area contributed by atoms with E-state index in [1.807, 2.05) is 59.4 Å². The highest BCUT2D eigenvalue weighted by atomic mass is 16.5. The van der Waals surface area contributed by atoms with Crippen molar-refractivity contribution in [3.8, 4) is 5.75 Å². The summed E-state index contributed by atoms with van der Waals surface area (Å²) in [5.74, 6) is 2.66. The fraction of sp³-hybridized carbons (Fsp3) is 0.400. The van der Waals surface area contributed by atoms with E-state index in [0.29, 0.717) is 26.1 Å². The standard InChI is InChI=1S/C25H30N4O3/c1-28(16-20-7-4-10-26-14-20)18-24(30)29-11-5-8-21(17-29)25-27-15-23(32-25)13-19-6-3-9-22(12-19)31-2/h3-4,6-7,9-10,12,14-15,21H,5,8,11,13,16-18H2,1-2H3/t21-/m0/s1. The molecule has 1 fully saturated rings. The van der Waals surface area contributed by atoms with Crippen LogP contribution in [0.2, 0.25) is 0 Å². The number of rotatable bonds is 8. The number of amides is 1. The summed E-state index contributed by atoms with van der Waals surface area (Å²) in [7, 11) is 3.63. The molecule has 0 bridgehead atoms. The van der Waals surface area contributed by atoms with Crippen LogP contribution in [0, 0.1) is 0 Å². The number of nitrogens with zero attached hydrogens (tertiary/aromatic N) is 4. The van der Waals surface area contributed by atoms with Crippen LogP contribution in [0.3, 0.4) is 0 Å². The molecule has 7 nitrogen and oxygen atoms in total. The Morgan fingerprint density at radius 3 is 2.94 bits per heavy atom. The first-order chi connectivity index (χ1) is 15.6. The molecule has 0 saturated carbocycles. The molecule has 1 amide bonds. The van der Waals surface area contributed by atoms with E-state index < -0.39 is 0 Å². The third-order valence-corrected chi connectivity index (χ3v) is 5.79. The zero-order chi connectivity index (χ0) is 22.3. The normalized spacial score (nSPS) is 16.3. The van der Waals surface area contributed by atoms with Crippen LogP contribution in [-0.4, -0.2) is 59.5 Å². The number of methoxy groups -OCH3 is 1. The van der Waals surface area contributed by atoms with Gasteiger partial charge in [-0.15, -0.1) is 0 Å². The molecule has 7 heteroatoms. The molecule has 0 N–H and O–H groups in total. The molecule has 2 aromatic heterocycles. The van der Waals surface area contributed by atoms with Crippen LogP contribution >= 0.6 is 0 Å². The van der Waals surface area contributed by atoms with E-state index >= 15 is 0 Å². The van der Waals surface area contributed by atoms with Crippen molar-refractivity contribution in [2.75, 3.05) is 33.8 Å². The third kappa shape index (κ3) is 5.73. The van der Waals surface area contributed by atoms with Gasteiger partial charge in [0.05, 0.1) is 25.8 Å². The van der Waals surface area contributed by atoms with Gasteiger partial charge in [0.1, 0.15) is 11.5 Å². The van der Waals surface area contributed by atoms with E-state index in [4.69, 9.17) is 9.15 Å². The van der Waals surface area contributed by atoms with Gasteiger partial charge in [0.25, 0.3) is 0 Å². The average molecular weight is 435 g/mol. The summed E-state index contributed by atoms with van der Waals surface area (Å²) in [4.78, 5) is 25.5. The summed E-state index contributed by atoms with van der Waals surface area (Å²) in [6.07, 6.45) is 8.00. The monoisotopic (exact) mass is 434 g/mol. The van der Waals surface area contributed by atoms with Gasteiger partial charge in [-0.2, -0.15) is 0 Å². The molecular weight excluding hydrogens is 404 g/mol. The minimum Gasteiger partial charge on any atom is -0.497 e. The molecular formula is C25H30N4O3. The van der Waals surface area contributed by atoms with Crippen molar-refractivity contribution < 1.29 is 13.9 Å². The Morgan fingerprint density at radius 1 is 1.25 bits per heavy atom. The number of pyridine rings is 1. The van der Waals surface area contributed by atoms with Gasteiger partial charge in [0.2, 0.25) is 5.91 Å². The van der Waals surface area contributed by atoms with Crippen molar-refractivity contribution in [3.05, 3.63) is 77.8 Å². The van der Waals surface area contributed by atoms with E-state index in [2.05, 4.69) is 9.97 Å². The fourth-order valence-corrected chi connectivity index (χ4v) is 4.17. The molecule has 0 aliphatic carbocycles. The zero-order valence-corrected chi connectivity index (χ0v) is 18.7. The summed E-state index contributed by atoms with van der Waals surface area (Å²) in [5, 5.41) is 0. The van der Waals surface area contributed by atoms with Crippen LogP contribution in [0.25, 0.3) is 0 Å². The number of piperidine rings is 1. The maximum atomic E-state index is 12.9. The van der Waals surface area contributed by atoms with Crippen molar-refractivity contribution in [2.24, 2.45) is 0 Å². The van der Waals surface area contributed by atoms with Crippen molar-refractivity contribution in [3.63, 3.8) is 0 Å². The summed E-state index contributed by atoms with van der Waals surface area (Å²) in [6, 6.07) is 11.9. The van der Waals surface area contributed by atoms with Crippen molar-refractivity contribution >= 4 is 5.91 Å². The Balaban J connectivity index is 1.33. The number of carbonyl (C=O) groups is 1. The van der Waals surface area contributed by atoms with Crippen molar-refractivity contribution in [1.29, 1.82) is 0 Å². The van der Waals surface area contributed by atoms with E-state index in [1.165, 1.54) is 0 Å². The molecule has 1 aliphatic heterocycles. The molecule has 4 rings (SSSR count). The van der Waals surface area contributed by atoms with E-state index in [0.717, 1.165) is 47.9 Å². The number of carbonyl (C=O) groups excluding carboxylic acids is 1. The number of likely N-dealkylation sites (N-methyl/N-ethyl adjacent to an activating group) is 1. The van der Waals surface area contributed by atoms with Crippen LogP contribution in [0.4, 0.5) is 0 Å². The highest BCUT2D eigenvalue weighted by molar-refractivity contribution is 5.78. The number of hydrogen-bond acceptors (Lipinski definition) is 6. The topological polar surface area (TPSA) is 71.7 Å². The predicted octanol–water partition coefficient (Wildman–Crippen LogP) is 3.51. The van der Waals surface area contributed by atoms with Gasteiger partial charge in [-0.05, 0) is 49.2 Å². The molecule has 32 heavy (non-hydrogen) atoms. The molecule has 0 radical (unpaired) electrons. The zero-order valence-electron chi connectivity index (χ0n) is 18.7. The minimum absolute atomic E-state index is 0.135. The second kappa shape index (κ2) is 10.4. The molecule has 3 heterocycles. The largest absolute Gasteiger partial charge is 0.497 e. The molecule has 3 aromatic rings. The van der Waals surface area contributed by atoms with Crippen LogP contribution < -0.4 is 4.74 Å². The van der Waals surface area contributed by atoms with Crippen LogP contribution in [0.5, 0.6) is 5.75 Å². The number of oxazole rings is 1. The van der Waals surface area contributed by atoms with Crippen molar-refractivity contribution in [1.82, 2.24) is 19.8 Å². The number of benzene rings is 1. The molecule has 168 valence electrons. The lowest BCUT2D eigenvalue weighted by molar-refractivity contribution is -0.133. The van der Waals surface area contributed by atoms with Crippen LogP contribution in [0.15, 0.2) is 59.4 Å². The number of aromatic nitrogens is 2. The SMILES string of the molecule is COc1cccc(Cc2cnc([C@H]3CCCN(C(=O)CN(C)Cc4cccnc4)C3)o2)c1. The lowest BCUT2D eigenvalue weighted by Crippen LogP contribution is -2.43. The van der Waals surface area contributed by atoms with E-state index in [-0.39, 0.29) is 11.8 Å². The highest BCUT2D eigenvalue weighted by Crippen LogP contribution is 2.27. The summed E-state index contributed by atoms with van der Waals surface area (Å²) in [6.45, 7) is 2.52. The predicted molar refractivity (Wildman–Crippen MR) is 121 cm³/mol. The molecule has 1 aromatic carbocycles. The van der Waals surface area contributed by atoms with Gasteiger partial charge in [-0.25, -0.2) is 4.98 Å². The second-order valence-electron chi connectivity index (χ2n) is 8.41. The summed E-state index contributed by atoms with van der Waals surface area (Å²) < 4.78 is 11.4. The van der Waals surface area contributed by atoms with Gasteiger partial charge in [-0.3, -0.25) is 14.7 Å². The first-order valence-corrected chi connectivity index (χ1v) is 11.0. The smallest absolute Gasteiger partial charge is 0.236 e. The Labute approximate surface area is 189 Å². The van der Waals surface area contributed by atoms with Crippen LogP contribution in [0.1, 0.15) is 41.5 Å². The Kier molecular flexibility index (Phi) is 7.17. The fourth-order valence-electron chi connectivity index (χ4n) is 4.17. The molecule has 1 aliphatic rings. The van der Waals surface area contributed by atoms with Gasteiger partial charge < -0.3 is 14.1 Å². The van der Waals surface area contributed by atoms with Crippen LogP contribution in [-0.2, 0) is 17.8 Å². The maximum absolute atomic E-state index is 12.9. The van der Waals surface area contributed by atoms with Gasteiger partial charge in [0, 0.05) is 38.4 Å². The van der Waals surface area contributed by atoms with Gasteiger partial charge in [0.15, 0.2) is 5.89 Å². The second-order valence-corrected chi connectivity index (χ2v) is 8.41. The Morgan fingerprint density at radius 2 is 2.12 bits per heavy atom. The van der Waals surface area contributed by atoms with Crippen molar-refractivity contribution in [2.45, 2.75) is 31.7 Å². The van der Waals surface area contributed by atoms with Gasteiger partial charge in [-0.1, -0.05) is 18.2 Å². The molecule has 1 saturated heterocycles. The highest BCUT2D eigenvalue weighted by Gasteiger charge is 2.28. The number of ether oxygens (including phenoxy) is 1. The number of hydrogen-bond donors (Lipinski definition) is 0. The Bertz CT molecular complexity index is 1020. The lowest BCUT2D eigenvalue weighted by Gasteiger charge is -2.32. The lowest BCUT2D eigenvalue weighted by atomic mass is 9.98. The van der Waals surface area contributed by atoms with E-state index in [1.54, 1.807) is 19.5 Å². The third-order valence-electron chi connectivity index (χ3n) is 5.79. The average Bonchev–Trinajstić information content (AvgIpc) is 3.28. The Hall–Kier alpha value is -3.19. The molecule has 0 unspecified atom stereocenters. The quantitative estimate of drug-likeness (QED) is 0.540. The minimum atomic E-state index is 0.135. The first kappa shape index (κ1) is 22.0. The molecule has 0 spiro atoms.